The van der Waals surface area contributed by atoms with Gasteiger partial charge < -0.3 is 15.5 Å². The van der Waals surface area contributed by atoms with Crippen LogP contribution in [0.4, 0.5) is 10.5 Å². The van der Waals surface area contributed by atoms with Crippen molar-refractivity contribution in [2.24, 2.45) is 0 Å². The minimum Gasteiger partial charge on any atom is -0.338 e. The van der Waals surface area contributed by atoms with Crippen LogP contribution in [0, 0.1) is 6.92 Å². The van der Waals surface area contributed by atoms with Crippen LogP contribution >= 0.6 is 11.3 Å². The summed E-state index contributed by atoms with van der Waals surface area (Å²) in [5, 5.41) is 5.66. The van der Waals surface area contributed by atoms with Crippen molar-refractivity contribution < 1.29 is 9.59 Å². The second kappa shape index (κ2) is 7.44. The summed E-state index contributed by atoms with van der Waals surface area (Å²) < 4.78 is 0. The van der Waals surface area contributed by atoms with Crippen LogP contribution in [-0.4, -0.2) is 28.4 Å². The maximum Gasteiger partial charge on any atom is 0.319 e. The minimum atomic E-state index is -0.253. The third kappa shape index (κ3) is 4.11. The summed E-state index contributed by atoms with van der Waals surface area (Å²) in [6, 6.07) is 7.35. The van der Waals surface area contributed by atoms with Gasteiger partial charge in [0.2, 0.25) is 5.91 Å². The topological polar surface area (TPSA) is 74.3 Å². The lowest BCUT2D eigenvalue weighted by atomic mass is 10.2. The Hall–Kier alpha value is -2.41. The van der Waals surface area contributed by atoms with Gasteiger partial charge in [-0.1, -0.05) is 12.1 Å². The normalized spacial score (nSPS) is 14.0. The summed E-state index contributed by atoms with van der Waals surface area (Å²) in [5.74, 6) is 0.200. The molecule has 126 valence electrons. The fraction of sp³-hybridized carbons (Fsp3) is 0.353. The van der Waals surface area contributed by atoms with Gasteiger partial charge in [0.05, 0.1) is 17.7 Å². The SMILES string of the molecule is Cc1ncsc1CNC(=O)Nc1cccc(CN2CCCC2=O)c1. The number of anilines is 1. The van der Waals surface area contributed by atoms with Crippen LogP contribution in [0.2, 0.25) is 0 Å². The lowest BCUT2D eigenvalue weighted by Crippen LogP contribution is -2.28. The second-order valence-electron chi connectivity index (χ2n) is 5.79. The monoisotopic (exact) mass is 344 g/mol. The molecule has 0 unspecified atom stereocenters. The van der Waals surface area contributed by atoms with Gasteiger partial charge in [-0.15, -0.1) is 11.3 Å². The standard InChI is InChI=1S/C17H20N4O2S/c1-12-15(24-11-19-12)9-18-17(23)20-14-5-2-4-13(8-14)10-21-7-3-6-16(21)22/h2,4-5,8,11H,3,6-7,9-10H2,1H3,(H2,18,20,23). The van der Waals surface area contributed by atoms with Crippen molar-refractivity contribution in [3.05, 3.63) is 45.9 Å². The van der Waals surface area contributed by atoms with E-state index in [1.54, 1.807) is 5.51 Å². The minimum absolute atomic E-state index is 0.200. The number of carbonyl (C=O) groups is 2. The highest BCUT2D eigenvalue weighted by Gasteiger charge is 2.20. The highest BCUT2D eigenvalue weighted by molar-refractivity contribution is 7.09. The molecule has 1 aromatic heterocycles. The van der Waals surface area contributed by atoms with Crippen LogP contribution in [0.1, 0.15) is 29.0 Å². The number of aromatic nitrogens is 1. The molecule has 1 aromatic carbocycles. The maximum atomic E-state index is 12.0. The number of likely N-dealkylation sites (tertiary alicyclic amines) is 1. The predicted octanol–water partition coefficient (Wildman–Crippen LogP) is 2.90. The number of hydrogen-bond acceptors (Lipinski definition) is 4. The van der Waals surface area contributed by atoms with Gasteiger partial charge >= 0.3 is 6.03 Å². The molecule has 6 nitrogen and oxygen atoms in total. The zero-order valence-electron chi connectivity index (χ0n) is 13.5. The maximum absolute atomic E-state index is 12.0. The van der Waals surface area contributed by atoms with E-state index < -0.39 is 0 Å². The first-order chi connectivity index (χ1) is 11.6. The fourth-order valence-corrected chi connectivity index (χ4v) is 3.39. The number of urea groups is 1. The molecule has 3 amide bonds. The molecule has 1 fully saturated rings. The molecule has 0 spiro atoms. The number of benzene rings is 1. The molecule has 2 aromatic rings. The number of hydrogen-bond donors (Lipinski definition) is 2. The number of rotatable bonds is 5. The number of aryl methyl sites for hydroxylation is 1. The highest BCUT2D eigenvalue weighted by atomic mass is 32.1. The molecule has 0 aliphatic carbocycles. The van der Waals surface area contributed by atoms with E-state index in [-0.39, 0.29) is 11.9 Å². The van der Waals surface area contributed by atoms with Crippen LogP contribution in [0.5, 0.6) is 0 Å². The molecule has 0 radical (unpaired) electrons. The van der Waals surface area contributed by atoms with E-state index in [1.807, 2.05) is 36.1 Å². The average Bonchev–Trinajstić information content (AvgIpc) is 3.14. The smallest absolute Gasteiger partial charge is 0.319 e. The van der Waals surface area contributed by atoms with Crippen molar-refractivity contribution in [3.8, 4) is 0 Å². The van der Waals surface area contributed by atoms with E-state index in [4.69, 9.17) is 0 Å². The van der Waals surface area contributed by atoms with E-state index >= 15 is 0 Å². The molecule has 1 aliphatic heterocycles. The zero-order chi connectivity index (χ0) is 16.9. The summed E-state index contributed by atoms with van der Waals surface area (Å²) in [6.07, 6.45) is 1.56. The van der Waals surface area contributed by atoms with E-state index in [0.29, 0.717) is 19.5 Å². The molecule has 1 aliphatic rings. The van der Waals surface area contributed by atoms with Crippen LogP contribution in [0.15, 0.2) is 29.8 Å². The van der Waals surface area contributed by atoms with Crippen molar-refractivity contribution in [2.45, 2.75) is 32.9 Å². The van der Waals surface area contributed by atoms with Gasteiger partial charge in [0.25, 0.3) is 0 Å². The number of carbonyl (C=O) groups excluding carboxylic acids is 2. The molecule has 3 rings (SSSR count). The van der Waals surface area contributed by atoms with E-state index in [9.17, 15) is 9.59 Å². The Bertz CT molecular complexity index is 744. The molecule has 0 atom stereocenters. The highest BCUT2D eigenvalue weighted by Crippen LogP contribution is 2.17. The summed E-state index contributed by atoms with van der Waals surface area (Å²) in [4.78, 5) is 30.8. The second-order valence-corrected chi connectivity index (χ2v) is 6.73. The predicted molar refractivity (Wildman–Crippen MR) is 93.8 cm³/mol. The largest absolute Gasteiger partial charge is 0.338 e. The van der Waals surface area contributed by atoms with Crippen molar-refractivity contribution in [1.82, 2.24) is 15.2 Å². The third-order valence-electron chi connectivity index (χ3n) is 3.98. The Morgan fingerprint density at radius 2 is 2.29 bits per heavy atom. The summed E-state index contributed by atoms with van der Waals surface area (Å²) in [5.41, 5.74) is 4.45. The van der Waals surface area contributed by atoms with Crippen molar-refractivity contribution >= 4 is 29.0 Å². The molecule has 0 bridgehead atoms. The molecule has 1 saturated heterocycles. The van der Waals surface area contributed by atoms with Crippen molar-refractivity contribution in [3.63, 3.8) is 0 Å². The summed E-state index contributed by atoms with van der Waals surface area (Å²) >= 11 is 1.53. The Labute approximate surface area is 144 Å². The first kappa shape index (κ1) is 16.4. The molecule has 2 heterocycles. The molecule has 24 heavy (non-hydrogen) atoms. The third-order valence-corrected chi connectivity index (χ3v) is 4.92. The van der Waals surface area contributed by atoms with E-state index in [2.05, 4.69) is 15.6 Å². The molecule has 7 heteroatoms. The average molecular weight is 344 g/mol. The van der Waals surface area contributed by atoms with Crippen LogP contribution in [0.25, 0.3) is 0 Å². The fourth-order valence-electron chi connectivity index (χ4n) is 2.67. The quantitative estimate of drug-likeness (QED) is 0.876. The van der Waals surface area contributed by atoms with Gasteiger partial charge in [-0.05, 0) is 31.0 Å². The summed E-state index contributed by atoms with van der Waals surface area (Å²) in [6.45, 7) is 3.79. The number of nitrogens with one attached hydrogen (secondary N) is 2. The molecule has 2 N–H and O–H groups in total. The summed E-state index contributed by atoms with van der Waals surface area (Å²) in [7, 11) is 0. The number of amides is 3. The first-order valence-corrected chi connectivity index (χ1v) is 8.80. The lowest BCUT2D eigenvalue weighted by molar-refractivity contribution is -0.128. The van der Waals surface area contributed by atoms with Crippen LogP contribution in [-0.2, 0) is 17.9 Å². The Morgan fingerprint density at radius 3 is 3.00 bits per heavy atom. The Kier molecular flexibility index (Phi) is 5.10. The Balaban J connectivity index is 1.54. The first-order valence-electron chi connectivity index (χ1n) is 7.92. The van der Waals surface area contributed by atoms with Gasteiger partial charge in [0.15, 0.2) is 0 Å². The molecular formula is C17H20N4O2S. The van der Waals surface area contributed by atoms with Crippen molar-refractivity contribution in [2.75, 3.05) is 11.9 Å². The van der Waals surface area contributed by atoms with Gasteiger partial charge in [-0.3, -0.25) is 4.79 Å². The lowest BCUT2D eigenvalue weighted by Gasteiger charge is -2.16. The number of thiazole rings is 1. The molecular weight excluding hydrogens is 324 g/mol. The van der Waals surface area contributed by atoms with Gasteiger partial charge in [-0.2, -0.15) is 0 Å². The van der Waals surface area contributed by atoms with Gasteiger partial charge in [-0.25, -0.2) is 9.78 Å². The number of nitrogens with zero attached hydrogens (tertiary/aromatic N) is 2. The van der Waals surface area contributed by atoms with E-state index in [1.165, 1.54) is 11.3 Å². The van der Waals surface area contributed by atoms with Crippen LogP contribution in [0.3, 0.4) is 0 Å². The molecule has 0 saturated carbocycles. The van der Waals surface area contributed by atoms with Gasteiger partial charge in [0, 0.05) is 30.1 Å². The zero-order valence-corrected chi connectivity index (χ0v) is 14.4. The Morgan fingerprint density at radius 1 is 1.42 bits per heavy atom. The van der Waals surface area contributed by atoms with Crippen molar-refractivity contribution in [1.29, 1.82) is 0 Å². The van der Waals surface area contributed by atoms with Crippen LogP contribution < -0.4 is 10.6 Å². The van der Waals surface area contributed by atoms with E-state index in [0.717, 1.165) is 34.8 Å². The van der Waals surface area contributed by atoms with Gasteiger partial charge in [0.1, 0.15) is 0 Å².